The predicted octanol–water partition coefficient (Wildman–Crippen LogP) is 1.85. The third-order valence-corrected chi connectivity index (χ3v) is 4.10. The summed E-state index contributed by atoms with van der Waals surface area (Å²) < 4.78 is 3.83. The molecule has 1 atom stereocenters. The Labute approximate surface area is 116 Å². The lowest BCUT2D eigenvalue weighted by molar-refractivity contribution is 0.0929. The van der Waals surface area contributed by atoms with Crippen LogP contribution in [0, 0.1) is 0 Å². The summed E-state index contributed by atoms with van der Waals surface area (Å²) in [5, 5.41) is 6.85. The number of carbonyl (C=O) groups excluding carboxylic acids is 1. The maximum absolute atomic E-state index is 12.2. The van der Waals surface area contributed by atoms with Crippen molar-refractivity contribution in [1.82, 2.24) is 14.9 Å². The predicted molar refractivity (Wildman–Crippen MR) is 76.9 cm³/mol. The average molecular weight is 286 g/mol. The molecule has 1 aromatic rings. The van der Waals surface area contributed by atoms with Crippen molar-refractivity contribution < 1.29 is 4.79 Å². The molecule has 0 fully saturated rings. The fourth-order valence-electron chi connectivity index (χ4n) is 1.36. The van der Waals surface area contributed by atoms with E-state index in [0.29, 0.717) is 17.0 Å². The molecule has 7 heteroatoms. The highest BCUT2D eigenvalue weighted by molar-refractivity contribution is 7.80. The molecule has 1 heterocycles. The quantitative estimate of drug-likeness (QED) is 0.807. The van der Waals surface area contributed by atoms with Gasteiger partial charge in [-0.2, -0.15) is 0 Å². The van der Waals surface area contributed by atoms with Crippen molar-refractivity contribution in [3.8, 4) is 0 Å². The summed E-state index contributed by atoms with van der Waals surface area (Å²) in [6, 6.07) is 0. The monoisotopic (exact) mass is 286 g/mol. The molecule has 100 valence electrons. The van der Waals surface area contributed by atoms with Gasteiger partial charge in [0, 0.05) is 0 Å². The molecule has 0 saturated heterocycles. The smallest absolute Gasteiger partial charge is 0.265 e. The van der Waals surface area contributed by atoms with Gasteiger partial charge in [0.15, 0.2) is 0 Å². The van der Waals surface area contributed by atoms with Crippen LogP contribution in [-0.2, 0) is 0 Å². The second kappa shape index (κ2) is 5.71. The third kappa shape index (κ3) is 3.02. The summed E-state index contributed by atoms with van der Waals surface area (Å²) in [5.74, 6) is -0.0620. The Kier molecular flexibility index (Phi) is 4.75. The third-order valence-electron chi connectivity index (χ3n) is 2.91. The van der Waals surface area contributed by atoms with E-state index in [-0.39, 0.29) is 16.8 Å². The number of nitrogens with one attached hydrogen (secondary N) is 1. The maximum atomic E-state index is 12.2. The highest BCUT2D eigenvalue weighted by Crippen LogP contribution is 2.21. The standard InChI is InChI=1S/C11H18N4OS2/c1-5-11(4,10(12)17)13-9(16)8-7(6(2)3)14-15-18-8/h6H,5H2,1-4H3,(H2,12,17)(H,13,16). The van der Waals surface area contributed by atoms with Crippen LogP contribution < -0.4 is 11.1 Å². The molecule has 0 aliphatic rings. The minimum absolute atomic E-state index is 0.155. The molecule has 1 rings (SSSR count). The van der Waals surface area contributed by atoms with Crippen molar-refractivity contribution in [3.05, 3.63) is 10.6 Å². The first-order valence-corrected chi connectivity index (χ1v) is 6.94. The molecule has 5 nitrogen and oxygen atoms in total. The Balaban J connectivity index is 2.95. The highest BCUT2D eigenvalue weighted by atomic mass is 32.1. The van der Waals surface area contributed by atoms with Crippen molar-refractivity contribution in [2.75, 3.05) is 0 Å². The zero-order chi connectivity index (χ0) is 13.9. The number of nitrogens with two attached hydrogens (primary N) is 1. The number of hydrogen-bond acceptors (Lipinski definition) is 5. The van der Waals surface area contributed by atoms with Crippen LogP contribution in [0.1, 0.15) is 55.4 Å². The van der Waals surface area contributed by atoms with E-state index >= 15 is 0 Å². The molecule has 0 radical (unpaired) electrons. The molecule has 0 aliphatic carbocycles. The van der Waals surface area contributed by atoms with Crippen LogP contribution in [0.5, 0.6) is 0 Å². The van der Waals surface area contributed by atoms with Crippen LogP contribution in [0.2, 0.25) is 0 Å². The van der Waals surface area contributed by atoms with Gasteiger partial charge in [-0.25, -0.2) is 0 Å². The summed E-state index contributed by atoms with van der Waals surface area (Å²) in [6.45, 7) is 7.69. The minimum Gasteiger partial charge on any atom is -0.391 e. The summed E-state index contributed by atoms with van der Waals surface area (Å²) in [6.07, 6.45) is 0.636. The van der Waals surface area contributed by atoms with Crippen LogP contribution >= 0.6 is 23.8 Å². The first-order chi connectivity index (χ1) is 8.31. The largest absolute Gasteiger partial charge is 0.391 e. The van der Waals surface area contributed by atoms with Gasteiger partial charge in [0.1, 0.15) is 4.88 Å². The van der Waals surface area contributed by atoms with E-state index in [9.17, 15) is 4.79 Å². The summed E-state index contributed by atoms with van der Waals surface area (Å²) in [4.78, 5) is 13.0. The van der Waals surface area contributed by atoms with Crippen LogP contribution in [-0.4, -0.2) is 26.0 Å². The van der Waals surface area contributed by atoms with E-state index in [1.54, 1.807) is 0 Å². The van der Waals surface area contributed by atoms with Crippen LogP contribution in [0.15, 0.2) is 0 Å². The van der Waals surface area contributed by atoms with Crippen molar-refractivity contribution in [3.63, 3.8) is 0 Å². The molecule has 3 N–H and O–H groups in total. The van der Waals surface area contributed by atoms with Crippen molar-refractivity contribution in [2.24, 2.45) is 5.73 Å². The average Bonchev–Trinajstić information content (AvgIpc) is 2.77. The number of amides is 1. The lowest BCUT2D eigenvalue weighted by Crippen LogP contribution is -2.54. The number of rotatable bonds is 5. The van der Waals surface area contributed by atoms with Gasteiger partial charge < -0.3 is 11.1 Å². The van der Waals surface area contributed by atoms with Crippen LogP contribution in [0.4, 0.5) is 0 Å². The Hall–Kier alpha value is -1.08. The van der Waals surface area contributed by atoms with Gasteiger partial charge in [-0.1, -0.05) is 37.5 Å². The van der Waals surface area contributed by atoms with Crippen LogP contribution in [0.25, 0.3) is 0 Å². The van der Waals surface area contributed by atoms with Crippen molar-refractivity contribution in [2.45, 2.75) is 45.6 Å². The lowest BCUT2D eigenvalue weighted by Gasteiger charge is -2.28. The minimum atomic E-state index is -0.676. The first kappa shape index (κ1) is 15.0. The zero-order valence-corrected chi connectivity index (χ0v) is 12.6. The van der Waals surface area contributed by atoms with E-state index in [0.717, 1.165) is 11.5 Å². The van der Waals surface area contributed by atoms with Gasteiger partial charge in [-0.3, -0.25) is 4.79 Å². The van der Waals surface area contributed by atoms with Gasteiger partial charge in [-0.15, -0.1) is 5.10 Å². The van der Waals surface area contributed by atoms with E-state index in [1.807, 2.05) is 27.7 Å². The number of thiocarbonyl (C=S) groups is 1. The van der Waals surface area contributed by atoms with Gasteiger partial charge in [0.25, 0.3) is 5.91 Å². The molecule has 1 aromatic heterocycles. The number of carbonyl (C=O) groups is 1. The normalized spacial score (nSPS) is 14.3. The van der Waals surface area contributed by atoms with E-state index < -0.39 is 5.54 Å². The summed E-state index contributed by atoms with van der Waals surface area (Å²) in [7, 11) is 0. The SMILES string of the molecule is CCC(C)(NC(=O)c1snnc1C(C)C)C(N)=S. The fraction of sp³-hybridized carbons (Fsp3) is 0.636. The molecule has 0 spiro atoms. The second-order valence-corrected chi connectivity index (χ2v) is 5.84. The Morgan fingerprint density at radius 3 is 2.67 bits per heavy atom. The van der Waals surface area contributed by atoms with Gasteiger partial charge in [0.2, 0.25) is 0 Å². The van der Waals surface area contributed by atoms with Crippen molar-refractivity contribution >= 4 is 34.6 Å². The second-order valence-electron chi connectivity index (χ2n) is 4.65. The zero-order valence-electron chi connectivity index (χ0n) is 11.0. The molecule has 18 heavy (non-hydrogen) atoms. The molecular formula is C11H18N4OS2. The molecule has 0 bridgehead atoms. The summed E-state index contributed by atoms with van der Waals surface area (Å²) in [5.41, 5.74) is 5.70. The Bertz CT molecular complexity index is 458. The van der Waals surface area contributed by atoms with Gasteiger partial charge >= 0.3 is 0 Å². The topological polar surface area (TPSA) is 80.9 Å². The highest BCUT2D eigenvalue weighted by Gasteiger charge is 2.30. The molecular weight excluding hydrogens is 268 g/mol. The van der Waals surface area contributed by atoms with Crippen molar-refractivity contribution in [1.29, 1.82) is 0 Å². The van der Waals surface area contributed by atoms with E-state index in [1.165, 1.54) is 0 Å². The fourth-order valence-corrected chi connectivity index (χ4v) is 2.27. The van der Waals surface area contributed by atoms with Gasteiger partial charge in [0.05, 0.1) is 16.2 Å². The molecule has 1 unspecified atom stereocenters. The maximum Gasteiger partial charge on any atom is 0.265 e. The molecule has 0 aromatic carbocycles. The number of aromatic nitrogens is 2. The molecule has 1 amide bonds. The lowest BCUT2D eigenvalue weighted by atomic mass is 9.98. The molecule has 0 saturated carbocycles. The van der Waals surface area contributed by atoms with Crippen LogP contribution in [0.3, 0.4) is 0 Å². The van der Waals surface area contributed by atoms with Gasteiger partial charge in [-0.05, 0) is 30.8 Å². The Morgan fingerprint density at radius 1 is 1.61 bits per heavy atom. The molecule has 0 aliphatic heterocycles. The number of hydrogen-bond donors (Lipinski definition) is 2. The first-order valence-electron chi connectivity index (χ1n) is 5.76. The Morgan fingerprint density at radius 2 is 2.22 bits per heavy atom. The van der Waals surface area contributed by atoms with E-state index in [2.05, 4.69) is 14.9 Å². The van der Waals surface area contributed by atoms with E-state index in [4.69, 9.17) is 18.0 Å². The number of nitrogens with zero attached hydrogens (tertiary/aromatic N) is 2. The summed E-state index contributed by atoms with van der Waals surface area (Å²) >= 11 is 6.09.